The Balaban J connectivity index is 2.26. The maximum absolute atomic E-state index is 12.0. The molecule has 0 unspecified atom stereocenters. The highest BCUT2D eigenvalue weighted by Crippen LogP contribution is 2.35. The van der Waals surface area contributed by atoms with E-state index < -0.39 is 6.04 Å². The molecule has 3 nitrogen and oxygen atoms in total. The number of benzene rings is 1. The third-order valence-corrected chi connectivity index (χ3v) is 3.53. The van der Waals surface area contributed by atoms with E-state index >= 15 is 0 Å². The fourth-order valence-electron chi connectivity index (χ4n) is 2.36. The summed E-state index contributed by atoms with van der Waals surface area (Å²) in [4.78, 5) is 13.9. The third kappa shape index (κ3) is 2.45. The number of hydrogen-bond acceptors (Lipinski definition) is 2. The molecule has 1 aliphatic heterocycles. The van der Waals surface area contributed by atoms with Crippen molar-refractivity contribution in [2.45, 2.75) is 31.8 Å². The molecule has 1 saturated heterocycles. The zero-order valence-corrected chi connectivity index (χ0v) is 10.7. The smallest absolute Gasteiger partial charge is 0.239 e. The maximum atomic E-state index is 12.0. The van der Waals surface area contributed by atoms with Crippen molar-refractivity contribution < 1.29 is 4.79 Å². The summed E-state index contributed by atoms with van der Waals surface area (Å²) in [5.41, 5.74) is 6.70. The average Bonchev–Trinajstić information content (AvgIpc) is 2.77. The molecule has 92 valence electrons. The number of amides is 1. The van der Waals surface area contributed by atoms with Crippen molar-refractivity contribution in [2.75, 3.05) is 6.54 Å². The van der Waals surface area contributed by atoms with Crippen molar-refractivity contribution in [1.29, 1.82) is 0 Å². The molecule has 1 aromatic carbocycles. The van der Waals surface area contributed by atoms with Crippen molar-refractivity contribution in [3.63, 3.8) is 0 Å². The number of carbonyl (C=O) groups excluding carboxylic acids is 1. The van der Waals surface area contributed by atoms with Crippen LogP contribution in [0.1, 0.15) is 31.4 Å². The van der Waals surface area contributed by atoms with Crippen LogP contribution in [0.5, 0.6) is 0 Å². The molecular weight excluding hydrogens is 236 g/mol. The molecule has 1 aliphatic rings. The van der Waals surface area contributed by atoms with Crippen LogP contribution < -0.4 is 5.73 Å². The van der Waals surface area contributed by atoms with Gasteiger partial charge in [-0.25, -0.2) is 0 Å². The maximum Gasteiger partial charge on any atom is 0.239 e. The number of nitrogens with two attached hydrogens (primary N) is 1. The zero-order valence-electron chi connectivity index (χ0n) is 9.90. The highest BCUT2D eigenvalue weighted by molar-refractivity contribution is 6.31. The number of likely N-dealkylation sites (tertiary alicyclic amines) is 1. The molecule has 2 N–H and O–H groups in total. The second-order valence-corrected chi connectivity index (χ2v) is 4.91. The lowest BCUT2D eigenvalue weighted by Crippen LogP contribution is -2.41. The standard InChI is InChI=1S/C13H17ClN2O/c1-9(15)13(17)16-8-4-7-12(16)10-5-2-3-6-11(10)14/h2-3,5-6,9,12H,4,7-8,15H2,1H3/t9-,12-/m0/s1. The SMILES string of the molecule is C[C@H](N)C(=O)N1CCC[C@H]1c1ccccc1Cl. The average molecular weight is 253 g/mol. The molecule has 0 spiro atoms. The minimum atomic E-state index is -0.446. The van der Waals surface area contributed by atoms with Crippen molar-refractivity contribution in [2.24, 2.45) is 5.73 Å². The summed E-state index contributed by atoms with van der Waals surface area (Å²) in [6, 6.07) is 7.34. The van der Waals surface area contributed by atoms with Crippen molar-refractivity contribution >= 4 is 17.5 Å². The third-order valence-electron chi connectivity index (χ3n) is 3.19. The number of carbonyl (C=O) groups is 1. The first-order valence-corrected chi connectivity index (χ1v) is 6.29. The Morgan fingerprint density at radius 2 is 2.24 bits per heavy atom. The zero-order chi connectivity index (χ0) is 12.4. The summed E-state index contributed by atoms with van der Waals surface area (Å²) in [6.45, 7) is 2.50. The van der Waals surface area contributed by atoms with E-state index in [1.807, 2.05) is 29.2 Å². The summed E-state index contributed by atoms with van der Waals surface area (Å²) in [5.74, 6) is 0.00687. The van der Waals surface area contributed by atoms with Gasteiger partial charge in [0.2, 0.25) is 5.91 Å². The van der Waals surface area contributed by atoms with Crippen LogP contribution in [-0.2, 0) is 4.79 Å². The predicted molar refractivity (Wildman–Crippen MR) is 68.8 cm³/mol. The molecule has 4 heteroatoms. The fraction of sp³-hybridized carbons (Fsp3) is 0.462. The summed E-state index contributed by atoms with van der Waals surface area (Å²) < 4.78 is 0. The molecule has 0 aromatic heterocycles. The van der Waals surface area contributed by atoms with Crippen LogP contribution in [0.4, 0.5) is 0 Å². The van der Waals surface area contributed by atoms with E-state index in [0.29, 0.717) is 0 Å². The van der Waals surface area contributed by atoms with Gasteiger partial charge in [-0.15, -0.1) is 0 Å². The van der Waals surface area contributed by atoms with Gasteiger partial charge in [0.25, 0.3) is 0 Å². The van der Waals surface area contributed by atoms with E-state index in [9.17, 15) is 4.79 Å². The normalized spacial score (nSPS) is 21.6. The van der Waals surface area contributed by atoms with Gasteiger partial charge in [-0.05, 0) is 31.4 Å². The minimum Gasteiger partial charge on any atom is -0.334 e. The first kappa shape index (κ1) is 12.4. The Hall–Kier alpha value is -1.06. The summed E-state index contributed by atoms with van der Waals surface area (Å²) in [6.07, 6.45) is 1.97. The molecule has 2 rings (SSSR count). The number of nitrogens with zero attached hydrogens (tertiary/aromatic N) is 1. The van der Waals surface area contributed by atoms with Gasteiger partial charge in [-0.3, -0.25) is 4.79 Å². The lowest BCUT2D eigenvalue weighted by Gasteiger charge is -2.27. The highest BCUT2D eigenvalue weighted by Gasteiger charge is 2.32. The Morgan fingerprint density at radius 3 is 2.88 bits per heavy atom. The van der Waals surface area contributed by atoms with Gasteiger partial charge in [0.1, 0.15) is 0 Å². The molecule has 1 aromatic rings. The van der Waals surface area contributed by atoms with Crippen LogP contribution in [0.2, 0.25) is 5.02 Å². The van der Waals surface area contributed by atoms with Crippen molar-refractivity contribution in [3.05, 3.63) is 34.9 Å². The molecule has 0 bridgehead atoms. The predicted octanol–water partition coefficient (Wildman–Crippen LogP) is 2.35. The van der Waals surface area contributed by atoms with E-state index in [-0.39, 0.29) is 11.9 Å². The van der Waals surface area contributed by atoms with Gasteiger partial charge in [0.05, 0.1) is 12.1 Å². The molecule has 1 fully saturated rings. The summed E-state index contributed by atoms with van der Waals surface area (Å²) in [5, 5.41) is 0.724. The van der Waals surface area contributed by atoms with Gasteiger partial charge < -0.3 is 10.6 Å². The van der Waals surface area contributed by atoms with E-state index in [0.717, 1.165) is 30.0 Å². The largest absolute Gasteiger partial charge is 0.334 e. The van der Waals surface area contributed by atoms with Crippen molar-refractivity contribution in [3.8, 4) is 0 Å². The Morgan fingerprint density at radius 1 is 1.53 bits per heavy atom. The second kappa shape index (κ2) is 5.07. The first-order chi connectivity index (χ1) is 8.11. The fourth-order valence-corrected chi connectivity index (χ4v) is 2.62. The van der Waals surface area contributed by atoms with Crippen LogP contribution in [0, 0.1) is 0 Å². The Kier molecular flexibility index (Phi) is 3.69. The molecule has 1 amide bonds. The van der Waals surface area contributed by atoms with Gasteiger partial charge >= 0.3 is 0 Å². The molecule has 2 atom stereocenters. The van der Waals surface area contributed by atoms with Gasteiger partial charge in [0.15, 0.2) is 0 Å². The van der Waals surface area contributed by atoms with E-state index in [1.54, 1.807) is 6.92 Å². The minimum absolute atomic E-state index is 0.00687. The Bertz CT molecular complexity index is 420. The number of rotatable bonds is 2. The molecule has 17 heavy (non-hydrogen) atoms. The summed E-state index contributed by atoms with van der Waals surface area (Å²) in [7, 11) is 0. The molecule has 0 radical (unpaired) electrons. The van der Waals surface area contributed by atoms with Crippen LogP contribution in [0.25, 0.3) is 0 Å². The first-order valence-electron chi connectivity index (χ1n) is 5.91. The van der Waals surface area contributed by atoms with E-state index in [2.05, 4.69) is 0 Å². The van der Waals surface area contributed by atoms with E-state index in [4.69, 9.17) is 17.3 Å². The van der Waals surface area contributed by atoms with Gasteiger partial charge in [-0.1, -0.05) is 29.8 Å². The molecule has 0 saturated carbocycles. The Labute approximate surface area is 107 Å². The van der Waals surface area contributed by atoms with Gasteiger partial charge in [-0.2, -0.15) is 0 Å². The quantitative estimate of drug-likeness (QED) is 0.878. The number of halogens is 1. The van der Waals surface area contributed by atoms with Crippen LogP contribution >= 0.6 is 11.6 Å². The second-order valence-electron chi connectivity index (χ2n) is 4.50. The topological polar surface area (TPSA) is 46.3 Å². The monoisotopic (exact) mass is 252 g/mol. The molecule has 1 heterocycles. The van der Waals surface area contributed by atoms with Crippen molar-refractivity contribution in [1.82, 2.24) is 4.90 Å². The van der Waals surface area contributed by atoms with Crippen LogP contribution in [0.15, 0.2) is 24.3 Å². The lowest BCUT2D eigenvalue weighted by molar-refractivity contribution is -0.133. The highest BCUT2D eigenvalue weighted by atomic mass is 35.5. The van der Waals surface area contributed by atoms with Crippen LogP contribution in [0.3, 0.4) is 0 Å². The van der Waals surface area contributed by atoms with Crippen LogP contribution in [-0.4, -0.2) is 23.4 Å². The lowest BCUT2D eigenvalue weighted by atomic mass is 10.0. The summed E-state index contributed by atoms with van der Waals surface area (Å²) >= 11 is 6.18. The molecule has 0 aliphatic carbocycles. The number of hydrogen-bond donors (Lipinski definition) is 1. The van der Waals surface area contributed by atoms with E-state index in [1.165, 1.54) is 0 Å². The molecular formula is C13H17ClN2O. The van der Waals surface area contributed by atoms with Gasteiger partial charge in [0, 0.05) is 11.6 Å².